The minimum absolute atomic E-state index is 0.160. The Hall–Kier alpha value is -1.30. The molecule has 0 saturated carbocycles. The van der Waals surface area contributed by atoms with E-state index in [1.54, 1.807) is 0 Å². The molecule has 0 bridgehead atoms. The fraction of sp³-hybridized carbons (Fsp3) is 0.385. The summed E-state index contributed by atoms with van der Waals surface area (Å²) in [7, 11) is 0. The van der Waals surface area contributed by atoms with E-state index in [4.69, 9.17) is 16.3 Å². The summed E-state index contributed by atoms with van der Waals surface area (Å²) < 4.78 is 5.53. The molecule has 2 heteroatoms. The molecule has 1 rings (SSSR count). The molecule has 0 spiro atoms. The van der Waals surface area contributed by atoms with Crippen LogP contribution in [0.25, 0.3) is 0 Å². The third-order valence-electron chi connectivity index (χ3n) is 2.10. The van der Waals surface area contributed by atoms with E-state index in [1.165, 1.54) is 0 Å². The highest BCUT2D eigenvalue weighted by Gasteiger charge is 2.04. The van der Waals surface area contributed by atoms with Crippen LogP contribution >= 0.6 is 0 Å². The van der Waals surface area contributed by atoms with Crippen LogP contribution < -0.4 is 0 Å². The number of terminal acetylenes is 1. The van der Waals surface area contributed by atoms with Gasteiger partial charge in [-0.05, 0) is 18.4 Å². The fourth-order valence-electron chi connectivity index (χ4n) is 1.26. The van der Waals surface area contributed by atoms with Crippen molar-refractivity contribution in [2.75, 3.05) is 6.61 Å². The molecular formula is C13H16O2. The van der Waals surface area contributed by atoms with Crippen LogP contribution in [0.15, 0.2) is 30.3 Å². The molecule has 80 valence electrons. The molecule has 15 heavy (non-hydrogen) atoms. The highest BCUT2D eigenvalue weighted by atomic mass is 16.5. The lowest BCUT2D eigenvalue weighted by molar-refractivity contribution is 0.0678. The van der Waals surface area contributed by atoms with E-state index in [2.05, 4.69) is 5.92 Å². The van der Waals surface area contributed by atoms with Crippen LogP contribution in [0.5, 0.6) is 0 Å². The van der Waals surface area contributed by atoms with Gasteiger partial charge in [-0.25, -0.2) is 0 Å². The molecular weight excluding hydrogens is 188 g/mol. The predicted octanol–water partition coefficient (Wildman–Crippen LogP) is 1.98. The van der Waals surface area contributed by atoms with Crippen molar-refractivity contribution in [2.45, 2.75) is 25.6 Å². The van der Waals surface area contributed by atoms with Gasteiger partial charge < -0.3 is 9.84 Å². The van der Waals surface area contributed by atoms with Gasteiger partial charge in [-0.3, -0.25) is 0 Å². The zero-order chi connectivity index (χ0) is 10.9. The largest absolute Gasteiger partial charge is 0.396 e. The zero-order valence-corrected chi connectivity index (χ0v) is 8.73. The van der Waals surface area contributed by atoms with Crippen LogP contribution in [0.1, 0.15) is 18.4 Å². The van der Waals surface area contributed by atoms with Crippen LogP contribution in [0.2, 0.25) is 0 Å². The Kier molecular flexibility index (Phi) is 5.54. The van der Waals surface area contributed by atoms with Crippen LogP contribution in [0, 0.1) is 12.3 Å². The van der Waals surface area contributed by atoms with E-state index >= 15 is 0 Å². The molecule has 0 aromatic heterocycles. The minimum atomic E-state index is -0.197. The lowest BCUT2D eigenvalue weighted by atomic mass is 10.2. The lowest BCUT2D eigenvalue weighted by Crippen LogP contribution is -2.10. The van der Waals surface area contributed by atoms with E-state index in [1.807, 2.05) is 30.3 Å². The van der Waals surface area contributed by atoms with Crippen molar-refractivity contribution in [3.05, 3.63) is 35.9 Å². The molecule has 1 aromatic rings. The third kappa shape index (κ3) is 4.64. The van der Waals surface area contributed by atoms with Crippen molar-refractivity contribution in [2.24, 2.45) is 0 Å². The van der Waals surface area contributed by atoms with E-state index in [0.717, 1.165) is 5.56 Å². The zero-order valence-electron chi connectivity index (χ0n) is 8.73. The van der Waals surface area contributed by atoms with Crippen molar-refractivity contribution in [3.63, 3.8) is 0 Å². The average molecular weight is 204 g/mol. The fourth-order valence-corrected chi connectivity index (χ4v) is 1.26. The van der Waals surface area contributed by atoms with Gasteiger partial charge in [-0.2, -0.15) is 0 Å². The first-order chi connectivity index (χ1) is 7.36. The van der Waals surface area contributed by atoms with Gasteiger partial charge in [-0.15, -0.1) is 6.42 Å². The highest BCUT2D eigenvalue weighted by Crippen LogP contribution is 2.06. The normalized spacial score (nSPS) is 12.0. The monoisotopic (exact) mass is 204 g/mol. The van der Waals surface area contributed by atoms with Gasteiger partial charge in [-0.1, -0.05) is 36.3 Å². The highest BCUT2D eigenvalue weighted by molar-refractivity contribution is 5.13. The molecule has 0 saturated heterocycles. The standard InChI is InChI=1S/C13H16O2/c1-2-13(9-6-10-14)15-11-12-7-4-3-5-8-12/h1,3-5,7-8,13-14H,6,9-11H2. The minimum Gasteiger partial charge on any atom is -0.396 e. The number of benzene rings is 1. The number of hydrogen-bond donors (Lipinski definition) is 1. The third-order valence-corrected chi connectivity index (χ3v) is 2.10. The maximum absolute atomic E-state index is 8.67. The van der Waals surface area contributed by atoms with Crippen molar-refractivity contribution >= 4 is 0 Å². The summed E-state index contributed by atoms with van der Waals surface area (Å²) in [5, 5.41) is 8.67. The van der Waals surface area contributed by atoms with Gasteiger partial charge in [0.25, 0.3) is 0 Å². The summed E-state index contributed by atoms with van der Waals surface area (Å²) in [5.74, 6) is 2.57. The van der Waals surface area contributed by atoms with Crippen LogP contribution in [0.4, 0.5) is 0 Å². The van der Waals surface area contributed by atoms with Crippen molar-refractivity contribution in [1.82, 2.24) is 0 Å². The molecule has 1 aromatic carbocycles. The lowest BCUT2D eigenvalue weighted by Gasteiger charge is -2.11. The first kappa shape index (κ1) is 11.8. The molecule has 0 fully saturated rings. The number of rotatable bonds is 6. The second-order valence-corrected chi connectivity index (χ2v) is 3.32. The van der Waals surface area contributed by atoms with E-state index < -0.39 is 0 Å². The Labute approximate surface area is 90.9 Å². The molecule has 0 heterocycles. The average Bonchev–Trinajstić information content (AvgIpc) is 2.31. The van der Waals surface area contributed by atoms with E-state index in [0.29, 0.717) is 19.4 Å². The second-order valence-electron chi connectivity index (χ2n) is 3.32. The maximum Gasteiger partial charge on any atom is 0.118 e. The summed E-state index contributed by atoms with van der Waals surface area (Å²) in [4.78, 5) is 0. The Bertz CT molecular complexity index is 300. The number of aliphatic hydroxyl groups is 1. The van der Waals surface area contributed by atoms with Crippen molar-refractivity contribution < 1.29 is 9.84 Å². The first-order valence-electron chi connectivity index (χ1n) is 5.09. The van der Waals surface area contributed by atoms with Crippen LogP contribution in [-0.2, 0) is 11.3 Å². The summed E-state index contributed by atoms with van der Waals surface area (Å²) in [6, 6.07) is 9.90. The Balaban J connectivity index is 2.32. The van der Waals surface area contributed by atoms with Gasteiger partial charge in [0.15, 0.2) is 0 Å². The van der Waals surface area contributed by atoms with Gasteiger partial charge in [0, 0.05) is 6.61 Å². The quantitative estimate of drug-likeness (QED) is 0.718. The van der Waals surface area contributed by atoms with E-state index in [-0.39, 0.29) is 12.7 Å². The Morgan fingerprint density at radius 1 is 1.33 bits per heavy atom. The van der Waals surface area contributed by atoms with Crippen molar-refractivity contribution in [1.29, 1.82) is 0 Å². The smallest absolute Gasteiger partial charge is 0.118 e. The molecule has 0 amide bonds. The molecule has 0 aliphatic heterocycles. The molecule has 1 N–H and O–H groups in total. The van der Waals surface area contributed by atoms with Crippen LogP contribution in [0.3, 0.4) is 0 Å². The van der Waals surface area contributed by atoms with Crippen molar-refractivity contribution in [3.8, 4) is 12.3 Å². The Morgan fingerprint density at radius 3 is 2.67 bits per heavy atom. The molecule has 1 atom stereocenters. The van der Waals surface area contributed by atoms with Gasteiger partial charge in [0.2, 0.25) is 0 Å². The molecule has 1 unspecified atom stereocenters. The summed E-state index contributed by atoms with van der Waals surface area (Å²) >= 11 is 0. The van der Waals surface area contributed by atoms with Gasteiger partial charge in [0.1, 0.15) is 6.10 Å². The number of aliphatic hydroxyl groups excluding tert-OH is 1. The van der Waals surface area contributed by atoms with Crippen LogP contribution in [-0.4, -0.2) is 17.8 Å². The van der Waals surface area contributed by atoms with Gasteiger partial charge >= 0.3 is 0 Å². The van der Waals surface area contributed by atoms with E-state index in [9.17, 15) is 0 Å². The molecule has 0 radical (unpaired) electrons. The SMILES string of the molecule is C#CC(CCCO)OCc1ccccc1. The summed E-state index contributed by atoms with van der Waals surface area (Å²) in [5.41, 5.74) is 1.11. The van der Waals surface area contributed by atoms with Gasteiger partial charge in [0.05, 0.1) is 6.61 Å². The topological polar surface area (TPSA) is 29.5 Å². The second kappa shape index (κ2) is 7.05. The molecule has 0 aliphatic carbocycles. The predicted molar refractivity (Wildman–Crippen MR) is 60.2 cm³/mol. The summed E-state index contributed by atoms with van der Waals surface area (Å²) in [6.45, 7) is 0.689. The summed E-state index contributed by atoms with van der Waals surface area (Å²) in [6.07, 6.45) is 6.52. The number of hydrogen-bond acceptors (Lipinski definition) is 2. The number of ether oxygens (including phenoxy) is 1. The first-order valence-corrected chi connectivity index (χ1v) is 5.09. The molecule has 2 nitrogen and oxygen atoms in total. The molecule has 0 aliphatic rings. The maximum atomic E-state index is 8.67. The Morgan fingerprint density at radius 2 is 2.07 bits per heavy atom.